The molecule has 0 aliphatic rings. The third kappa shape index (κ3) is 2.71. The number of aromatic nitrogens is 3. The summed E-state index contributed by atoms with van der Waals surface area (Å²) in [6.45, 7) is 2.06. The number of aryl methyl sites for hydroxylation is 1. The fraction of sp³-hybridized carbons (Fsp3) is 0.118. The molecule has 4 rings (SSSR count). The van der Waals surface area contributed by atoms with E-state index in [0.717, 1.165) is 16.1 Å². The van der Waals surface area contributed by atoms with Crippen LogP contribution in [0.15, 0.2) is 52.0 Å². The van der Waals surface area contributed by atoms with E-state index in [0.29, 0.717) is 17.1 Å². The Kier molecular flexibility index (Phi) is 3.55. The Labute approximate surface area is 140 Å². The Bertz CT molecular complexity index is 1010. The van der Waals surface area contributed by atoms with Gasteiger partial charge in [-0.15, -0.1) is 22.7 Å². The van der Waals surface area contributed by atoms with Gasteiger partial charge >= 0.3 is 0 Å². The smallest absolute Gasteiger partial charge is 0.265 e. The summed E-state index contributed by atoms with van der Waals surface area (Å²) in [7, 11) is 0. The molecule has 6 heteroatoms. The Morgan fingerprint density at radius 1 is 1.13 bits per heavy atom. The third-order valence-electron chi connectivity index (χ3n) is 3.62. The zero-order valence-corrected chi connectivity index (χ0v) is 14.0. The van der Waals surface area contributed by atoms with Crippen molar-refractivity contribution in [1.82, 2.24) is 14.6 Å². The fourth-order valence-corrected chi connectivity index (χ4v) is 3.94. The largest absolute Gasteiger partial charge is 0.296 e. The van der Waals surface area contributed by atoms with Gasteiger partial charge in [0.15, 0.2) is 0 Å². The minimum absolute atomic E-state index is 0.240. The third-order valence-corrected chi connectivity index (χ3v) is 5.31. The predicted molar refractivity (Wildman–Crippen MR) is 94.4 cm³/mol. The van der Waals surface area contributed by atoms with Gasteiger partial charge in [-0.25, -0.2) is 4.52 Å². The molecule has 0 N–H and O–H groups in total. The molecule has 0 saturated heterocycles. The molecule has 0 aliphatic carbocycles. The standard InChI is InChI=1S/C17H13N3OS2/c1-11-4-6-12(7-5-11)15-10-23-17-18-16(21)14(19-20(15)17)9-13-3-2-8-22-13/h2-8,10H,9H2,1H3. The van der Waals surface area contributed by atoms with Gasteiger partial charge in [-0.05, 0) is 18.4 Å². The van der Waals surface area contributed by atoms with Crippen molar-refractivity contribution in [3.8, 4) is 11.3 Å². The highest BCUT2D eigenvalue weighted by Crippen LogP contribution is 2.24. The maximum atomic E-state index is 12.2. The first kappa shape index (κ1) is 14.3. The lowest BCUT2D eigenvalue weighted by atomic mass is 10.1. The first-order valence-electron chi connectivity index (χ1n) is 7.17. The van der Waals surface area contributed by atoms with Crippen molar-refractivity contribution in [2.24, 2.45) is 0 Å². The van der Waals surface area contributed by atoms with Crippen LogP contribution in [0.5, 0.6) is 0 Å². The maximum absolute atomic E-state index is 12.2. The van der Waals surface area contributed by atoms with Gasteiger partial charge < -0.3 is 0 Å². The highest BCUT2D eigenvalue weighted by molar-refractivity contribution is 7.15. The first-order valence-corrected chi connectivity index (χ1v) is 8.93. The van der Waals surface area contributed by atoms with Gasteiger partial charge in [0.05, 0.1) is 5.69 Å². The van der Waals surface area contributed by atoms with Gasteiger partial charge in [-0.2, -0.15) is 10.1 Å². The molecule has 0 spiro atoms. The first-order chi connectivity index (χ1) is 11.2. The van der Waals surface area contributed by atoms with E-state index >= 15 is 0 Å². The molecular weight excluding hydrogens is 326 g/mol. The second-order valence-electron chi connectivity index (χ2n) is 5.30. The summed E-state index contributed by atoms with van der Waals surface area (Å²) in [6, 6.07) is 12.3. The van der Waals surface area contributed by atoms with Crippen molar-refractivity contribution in [2.45, 2.75) is 13.3 Å². The Hall–Kier alpha value is -2.31. The van der Waals surface area contributed by atoms with Gasteiger partial charge in [0.25, 0.3) is 5.56 Å². The van der Waals surface area contributed by atoms with Crippen molar-refractivity contribution >= 4 is 27.6 Å². The molecule has 4 aromatic rings. The zero-order chi connectivity index (χ0) is 15.8. The molecule has 1 aromatic carbocycles. The van der Waals surface area contributed by atoms with E-state index in [1.807, 2.05) is 22.9 Å². The number of hydrogen-bond donors (Lipinski definition) is 0. The van der Waals surface area contributed by atoms with Crippen LogP contribution in [0.25, 0.3) is 16.2 Å². The summed E-state index contributed by atoms with van der Waals surface area (Å²) in [5, 5.41) is 8.56. The lowest BCUT2D eigenvalue weighted by Crippen LogP contribution is -2.18. The van der Waals surface area contributed by atoms with Crippen LogP contribution >= 0.6 is 22.7 Å². The molecule has 0 fully saturated rings. The van der Waals surface area contributed by atoms with E-state index in [1.54, 1.807) is 15.9 Å². The second-order valence-corrected chi connectivity index (χ2v) is 7.17. The molecule has 114 valence electrons. The van der Waals surface area contributed by atoms with Gasteiger partial charge in [0.2, 0.25) is 4.96 Å². The molecule has 4 nitrogen and oxygen atoms in total. The van der Waals surface area contributed by atoms with Crippen molar-refractivity contribution in [3.05, 3.63) is 73.6 Å². The van der Waals surface area contributed by atoms with Gasteiger partial charge in [0.1, 0.15) is 5.69 Å². The average Bonchev–Trinajstić information content (AvgIpc) is 3.18. The van der Waals surface area contributed by atoms with E-state index < -0.39 is 0 Å². The molecule has 23 heavy (non-hydrogen) atoms. The summed E-state index contributed by atoms with van der Waals surface area (Å²) < 4.78 is 1.78. The molecule has 0 amide bonds. The maximum Gasteiger partial charge on any atom is 0.296 e. The summed E-state index contributed by atoms with van der Waals surface area (Å²) in [5.74, 6) is 0. The molecule has 0 saturated carbocycles. The molecule has 0 radical (unpaired) electrons. The van der Waals surface area contributed by atoms with Crippen LogP contribution in [-0.2, 0) is 6.42 Å². The molecule has 0 unspecified atom stereocenters. The monoisotopic (exact) mass is 339 g/mol. The van der Waals surface area contributed by atoms with Gasteiger partial charge in [0, 0.05) is 22.2 Å². The van der Waals surface area contributed by atoms with Crippen molar-refractivity contribution in [3.63, 3.8) is 0 Å². The summed E-state index contributed by atoms with van der Waals surface area (Å²) >= 11 is 3.06. The lowest BCUT2D eigenvalue weighted by Gasteiger charge is -2.03. The minimum Gasteiger partial charge on any atom is -0.265 e. The lowest BCUT2D eigenvalue weighted by molar-refractivity contribution is 0.843. The average molecular weight is 339 g/mol. The normalized spacial score (nSPS) is 11.2. The van der Waals surface area contributed by atoms with E-state index in [9.17, 15) is 4.79 Å². The summed E-state index contributed by atoms with van der Waals surface area (Å²) in [5.41, 5.74) is 3.49. The summed E-state index contributed by atoms with van der Waals surface area (Å²) in [6.07, 6.45) is 0.523. The SMILES string of the molecule is Cc1ccc(-c2csc3nc(=O)c(Cc4cccs4)nn23)cc1. The predicted octanol–water partition coefficient (Wildman–Crippen LogP) is 3.78. The number of thiazole rings is 1. The van der Waals surface area contributed by atoms with Crippen LogP contribution in [0.3, 0.4) is 0 Å². The topological polar surface area (TPSA) is 47.3 Å². The number of thiophene rings is 1. The van der Waals surface area contributed by atoms with Crippen LogP contribution in [0.2, 0.25) is 0 Å². The quantitative estimate of drug-likeness (QED) is 0.571. The molecule has 3 aromatic heterocycles. The van der Waals surface area contributed by atoms with Crippen LogP contribution in [-0.4, -0.2) is 14.6 Å². The van der Waals surface area contributed by atoms with Crippen LogP contribution in [0, 0.1) is 6.92 Å². The Balaban J connectivity index is 1.84. The van der Waals surface area contributed by atoms with Crippen LogP contribution in [0.4, 0.5) is 0 Å². The number of nitrogens with zero attached hydrogens (tertiary/aromatic N) is 3. The summed E-state index contributed by atoms with van der Waals surface area (Å²) in [4.78, 5) is 18.1. The van der Waals surface area contributed by atoms with Gasteiger partial charge in [-0.3, -0.25) is 4.79 Å². The minimum atomic E-state index is -0.240. The number of rotatable bonds is 3. The molecule has 0 atom stereocenters. The highest BCUT2D eigenvalue weighted by atomic mass is 32.1. The van der Waals surface area contributed by atoms with E-state index in [4.69, 9.17) is 0 Å². The number of fused-ring (bicyclic) bond motifs is 1. The Morgan fingerprint density at radius 3 is 2.70 bits per heavy atom. The van der Waals surface area contributed by atoms with Crippen LogP contribution < -0.4 is 5.56 Å². The van der Waals surface area contributed by atoms with Crippen molar-refractivity contribution in [1.29, 1.82) is 0 Å². The molecule has 0 bridgehead atoms. The van der Waals surface area contributed by atoms with E-state index in [-0.39, 0.29) is 5.56 Å². The van der Waals surface area contributed by atoms with Crippen molar-refractivity contribution in [2.75, 3.05) is 0 Å². The zero-order valence-electron chi connectivity index (χ0n) is 12.4. The molecular formula is C17H13N3OS2. The van der Waals surface area contributed by atoms with Gasteiger partial charge in [-0.1, -0.05) is 35.9 Å². The Morgan fingerprint density at radius 2 is 1.96 bits per heavy atom. The highest BCUT2D eigenvalue weighted by Gasteiger charge is 2.12. The molecule has 3 heterocycles. The number of benzene rings is 1. The number of hydrogen-bond acceptors (Lipinski definition) is 5. The second kappa shape index (κ2) is 5.72. The van der Waals surface area contributed by atoms with E-state index in [2.05, 4.69) is 41.3 Å². The van der Waals surface area contributed by atoms with E-state index in [1.165, 1.54) is 16.9 Å². The van der Waals surface area contributed by atoms with Crippen LogP contribution in [0.1, 0.15) is 16.1 Å². The molecule has 0 aliphatic heterocycles. The fourth-order valence-electron chi connectivity index (χ4n) is 2.40. The van der Waals surface area contributed by atoms with Crippen molar-refractivity contribution < 1.29 is 0 Å².